The lowest BCUT2D eigenvalue weighted by Crippen LogP contribution is -2.45. The van der Waals surface area contributed by atoms with Gasteiger partial charge in [0.05, 0.1) is 17.4 Å². The van der Waals surface area contributed by atoms with Gasteiger partial charge < -0.3 is 14.8 Å². The maximum absolute atomic E-state index is 13.0. The van der Waals surface area contributed by atoms with Crippen molar-refractivity contribution in [1.82, 2.24) is 19.8 Å². The van der Waals surface area contributed by atoms with Gasteiger partial charge in [-0.15, -0.1) is 0 Å². The molecule has 1 saturated heterocycles. The molecule has 2 amide bonds. The molecular formula is C24H28N4O2. The maximum atomic E-state index is 13.0. The molecule has 1 aromatic heterocycles. The number of piperidine rings is 1. The van der Waals surface area contributed by atoms with E-state index in [2.05, 4.69) is 10.3 Å². The molecule has 6 heteroatoms. The van der Waals surface area contributed by atoms with Crippen molar-refractivity contribution < 1.29 is 9.59 Å². The number of carbonyl (C=O) groups excluding carboxylic acids is 2. The van der Waals surface area contributed by atoms with Crippen LogP contribution in [0.15, 0.2) is 60.9 Å². The molecule has 2 heterocycles. The van der Waals surface area contributed by atoms with E-state index in [4.69, 9.17) is 0 Å². The lowest BCUT2D eigenvalue weighted by molar-refractivity contribution is -0.135. The molecule has 1 aliphatic heterocycles. The van der Waals surface area contributed by atoms with Crippen LogP contribution in [0.1, 0.15) is 42.5 Å². The molecule has 156 valence electrons. The second kappa shape index (κ2) is 9.57. The van der Waals surface area contributed by atoms with Crippen molar-refractivity contribution in [3.05, 3.63) is 66.5 Å². The monoisotopic (exact) mass is 404 g/mol. The summed E-state index contributed by atoms with van der Waals surface area (Å²) in [5, 5.41) is 2.99. The van der Waals surface area contributed by atoms with E-state index < -0.39 is 0 Å². The number of benzene rings is 2. The minimum atomic E-state index is -0.0590. The van der Waals surface area contributed by atoms with E-state index in [1.54, 1.807) is 0 Å². The molecule has 0 saturated carbocycles. The summed E-state index contributed by atoms with van der Waals surface area (Å²) in [4.78, 5) is 31.6. The van der Waals surface area contributed by atoms with E-state index in [0.29, 0.717) is 25.1 Å². The van der Waals surface area contributed by atoms with Gasteiger partial charge >= 0.3 is 0 Å². The van der Waals surface area contributed by atoms with E-state index >= 15 is 0 Å². The van der Waals surface area contributed by atoms with Gasteiger partial charge in [-0.3, -0.25) is 9.59 Å². The molecular weight excluding hydrogens is 376 g/mol. The number of imidazole rings is 1. The summed E-state index contributed by atoms with van der Waals surface area (Å²) in [7, 11) is 0. The first-order valence-electron chi connectivity index (χ1n) is 10.7. The number of amides is 2. The Bertz CT molecular complexity index is 999. The van der Waals surface area contributed by atoms with Gasteiger partial charge in [0.25, 0.3) is 5.91 Å². The molecule has 0 unspecified atom stereocenters. The molecule has 1 aliphatic rings. The number of aryl methyl sites for hydroxylation is 1. The molecule has 2 aromatic carbocycles. The van der Waals surface area contributed by atoms with E-state index in [9.17, 15) is 9.59 Å². The summed E-state index contributed by atoms with van der Waals surface area (Å²) in [6, 6.07) is 17.4. The molecule has 1 N–H and O–H groups in total. The number of aromatic nitrogens is 2. The zero-order valence-electron chi connectivity index (χ0n) is 17.2. The Labute approximate surface area is 176 Å². The summed E-state index contributed by atoms with van der Waals surface area (Å²) in [5.74, 6) is 0.128. The van der Waals surface area contributed by atoms with Gasteiger partial charge in [-0.05, 0) is 49.9 Å². The Morgan fingerprint density at radius 2 is 1.83 bits per heavy atom. The zero-order valence-corrected chi connectivity index (χ0v) is 17.2. The summed E-state index contributed by atoms with van der Waals surface area (Å²) in [5.41, 5.74) is 2.68. The first-order chi connectivity index (χ1) is 14.7. The SMILES string of the molecule is O=C(NCC[C@@H]1CCCCN1C(=O)CCn1cnc2ccccc21)c1ccccc1. The van der Waals surface area contributed by atoms with Crippen LogP contribution in [0, 0.1) is 0 Å². The highest BCUT2D eigenvalue weighted by Gasteiger charge is 2.26. The highest BCUT2D eigenvalue weighted by molar-refractivity contribution is 5.94. The van der Waals surface area contributed by atoms with Gasteiger partial charge in [0.2, 0.25) is 5.91 Å². The smallest absolute Gasteiger partial charge is 0.251 e. The van der Waals surface area contributed by atoms with Crippen LogP contribution in [-0.4, -0.2) is 45.4 Å². The minimum absolute atomic E-state index is 0.0590. The fourth-order valence-corrected chi connectivity index (χ4v) is 4.22. The third-order valence-corrected chi connectivity index (χ3v) is 5.84. The molecule has 30 heavy (non-hydrogen) atoms. The molecule has 1 atom stereocenters. The van der Waals surface area contributed by atoms with E-state index in [1.165, 1.54) is 0 Å². The van der Waals surface area contributed by atoms with E-state index in [1.807, 2.05) is 70.4 Å². The predicted octanol–water partition coefficient (Wildman–Crippen LogP) is 3.63. The van der Waals surface area contributed by atoms with Crippen LogP contribution in [0.4, 0.5) is 0 Å². The van der Waals surface area contributed by atoms with Gasteiger partial charge in [-0.1, -0.05) is 30.3 Å². The number of fused-ring (bicyclic) bond motifs is 1. The second-order valence-corrected chi connectivity index (χ2v) is 7.82. The van der Waals surface area contributed by atoms with Crippen LogP contribution in [0.3, 0.4) is 0 Å². The van der Waals surface area contributed by atoms with Crippen molar-refractivity contribution in [2.75, 3.05) is 13.1 Å². The predicted molar refractivity (Wildman–Crippen MR) is 117 cm³/mol. The van der Waals surface area contributed by atoms with Gasteiger partial charge in [0.1, 0.15) is 0 Å². The lowest BCUT2D eigenvalue weighted by Gasteiger charge is -2.36. The Kier molecular flexibility index (Phi) is 6.42. The molecule has 0 bridgehead atoms. The molecule has 0 spiro atoms. The number of para-hydroxylation sites is 2. The first kappa shape index (κ1) is 20.1. The second-order valence-electron chi connectivity index (χ2n) is 7.82. The van der Waals surface area contributed by atoms with Crippen LogP contribution in [0.2, 0.25) is 0 Å². The van der Waals surface area contributed by atoms with Gasteiger partial charge in [-0.2, -0.15) is 0 Å². The minimum Gasteiger partial charge on any atom is -0.352 e. The molecule has 0 radical (unpaired) electrons. The van der Waals surface area contributed by atoms with Crippen molar-refractivity contribution in [3.63, 3.8) is 0 Å². The van der Waals surface area contributed by atoms with Crippen LogP contribution in [0.5, 0.6) is 0 Å². The summed E-state index contributed by atoms with van der Waals surface area (Å²) in [6.07, 6.45) is 6.25. The topological polar surface area (TPSA) is 67.2 Å². The standard InChI is InChI=1S/C24H28N4O2/c29-23(14-17-27-18-26-21-11-4-5-12-22(21)27)28-16-7-6-10-20(28)13-15-25-24(30)19-8-2-1-3-9-19/h1-5,8-9,11-12,18,20H,6-7,10,13-17H2,(H,25,30)/t20-/m0/s1. The summed E-state index contributed by atoms with van der Waals surface area (Å²) < 4.78 is 2.05. The summed E-state index contributed by atoms with van der Waals surface area (Å²) in [6.45, 7) is 2.02. The van der Waals surface area contributed by atoms with Crippen molar-refractivity contribution >= 4 is 22.8 Å². The fourth-order valence-electron chi connectivity index (χ4n) is 4.22. The number of nitrogens with one attached hydrogen (secondary N) is 1. The number of hydrogen-bond donors (Lipinski definition) is 1. The Hall–Kier alpha value is -3.15. The highest BCUT2D eigenvalue weighted by atomic mass is 16.2. The van der Waals surface area contributed by atoms with Crippen LogP contribution in [0.25, 0.3) is 11.0 Å². The molecule has 6 nitrogen and oxygen atoms in total. The first-order valence-corrected chi connectivity index (χ1v) is 10.7. The average molecular weight is 405 g/mol. The zero-order chi connectivity index (χ0) is 20.8. The number of rotatable bonds is 7. The maximum Gasteiger partial charge on any atom is 0.251 e. The van der Waals surface area contributed by atoms with Gasteiger partial charge in [0, 0.05) is 37.7 Å². The van der Waals surface area contributed by atoms with E-state index in [-0.39, 0.29) is 17.9 Å². The Balaban J connectivity index is 1.30. The van der Waals surface area contributed by atoms with Crippen LogP contribution >= 0.6 is 0 Å². The average Bonchev–Trinajstić information content (AvgIpc) is 3.21. The third-order valence-electron chi connectivity index (χ3n) is 5.84. The number of likely N-dealkylation sites (tertiary alicyclic amines) is 1. The van der Waals surface area contributed by atoms with Crippen molar-refractivity contribution in [2.45, 2.75) is 44.7 Å². The quantitative estimate of drug-likeness (QED) is 0.654. The molecule has 1 fully saturated rings. The molecule has 4 rings (SSSR count). The number of hydrogen-bond acceptors (Lipinski definition) is 3. The number of carbonyl (C=O) groups is 2. The Morgan fingerprint density at radius 1 is 1.03 bits per heavy atom. The van der Waals surface area contributed by atoms with Crippen molar-refractivity contribution in [2.24, 2.45) is 0 Å². The number of nitrogens with zero attached hydrogens (tertiary/aromatic N) is 3. The van der Waals surface area contributed by atoms with E-state index in [0.717, 1.165) is 43.3 Å². The van der Waals surface area contributed by atoms with Gasteiger partial charge in [-0.25, -0.2) is 4.98 Å². The normalized spacial score (nSPS) is 16.5. The molecule has 3 aromatic rings. The molecule has 0 aliphatic carbocycles. The Morgan fingerprint density at radius 3 is 2.70 bits per heavy atom. The van der Waals surface area contributed by atoms with Gasteiger partial charge in [0.15, 0.2) is 0 Å². The van der Waals surface area contributed by atoms with Crippen molar-refractivity contribution in [3.8, 4) is 0 Å². The summed E-state index contributed by atoms with van der Waals surface area (Å²) >= 11 is 0. The van der Waals surface area contributed by atoms with Crippen LogP contribution in [-0.2, 0) is 11.3 Å². The lowest BCUT2D eigenvalue weighted by atomic mass is 9.98. The van der Waals surface area contributed by atoms with Crippen molar-refractivity contribution in [1.29, 1.82) is 0 Å². The third kappa shape index (κ3) is 4.70. The van der Waals surface area contributed by atoms with Crippen LogP contribution < -0.4 is 5.32 Å². The fraction of sp³-hybridized carbons (Fsp3) is 0.375. The highest BCUT2D eigenvalue weighted by Crippen LogP contribution is 2.21. The largest absolute Gasteiger partial charge is 0.352 e.